The van der Waals surface area contributed by atoms with E-state index in [4.69, 9.17) is 4.42 Å². The van der Waals surface area contributed by atoms with E-state index in [2.05, 4.69) is 46.7 Å². The van der Waals surface area contributed by atoms with Gasteiger partial charge in [0.15, 0.2) is 3.77 Å². The smallest absolute Gasteiger partial charge is 0.164 e. The molecule has 0 atom stereocenters. The average molecular weight is 322 g/mol. The van der Waals surface area contributed by atoms with Gasteiger partial charge in [-0.15, -0.1) is 0 Å². The van der Waals surface area contributed by atoms with Crippen LogP contribution < -0.4 is 5.32 Å². The molecule has 86 valence electrons. The van der Waals surface area contributed by atoms with Gasteiger partial charge in [-0.2, -0.15) is 0 Å². The fourth-order valence-corrected chi connectivity index (χ4v) is 1.90. The zero-order valence-corrected chi connectivity index (χ0v) is 11.6. The summed E-state index contributed by atoms with van der Waals surface area (Å²) in [5, 5.41) is 3.38. The molecule has 1 heterocycles. The summed E-state index contributed by atoms with van der Waals surface area (Å²) in [6.07, 6.45) is 0. The molecule has 0 aliphatic rings. The molecule has 1 N–H and O–H groups in total. The SMILES string of the molecule is CCN(CC)CCNCc1ccc(I)o1. The predicted octanol–water partition coefficient (Wildman–Crippen LogP) is 2.32. The van der Waals surface area contributed by atoms with Gasteiger partial charge in [-0.25, -0.2) is 0 Å². The molecule has 0 saturated carbocycles. The summed E-state index contributed by atoms with van der Waals surface area (Å²) in [6.45, 7) is 9.57. The molecule has 0 amide bonds. The molecule has 1 aromatic heterocycles. The minimum atomic E-state index is 0.824. The van der Waals surface area contributed by atoms with Crippen molar-refractivity contribution in [3.63, 3.8) is 0 Å². The van der Waals surface area contributed by atoms with Crippen molar-refractivity contribution in [3.05, 3.63) is 21.7 Å². The highest BCUT2D eigenvalue weighted by Gasteiger charge is 2.00. The van der Waals surface area contributed by atoms with E-state index < -0.39 is 0 Å². The Labute approximate surface area is 105 Å². The van der Waals surface area contributed by atoms with Gasteiger partial charge < -0.3 is 14.6 Å². The third-order valence-corrected chi connectivity index (χ3v) is 3.01. The average Bonchev–Trinajstić information content (AvgIpc) is 2.65. The lowest BCUT2D eigenvalue weighted by molar-refractivity contribution is 0.300. The third-order valence-electron chi connectivity index (χ3n) is 2.43. The molecule has 0 aromatic carbocycles. The van der Waals surface area contributed by atoms with Crippen LogP contribution in [0.2, 0.25) is 0 Å². The number of likely N-dealkylation sites (N-methyl/N-ethyl adjacent to an activating group) is 1. The van der Waals surface area contributed by atoms with Crippen molar-refractivity contribution in [2.75, 3.05) is 26.2 Å². The minimum Gasteiger partial charge on any atom is -0.454 e. The van der Waals surface area contributed by atoms with Gasteiger partial charge >= 0.3 is 0 Å². The van der Waals surface area contributed by atoms with Crippen molar-refractivity contribution in [1.82, 2.24) is 10.2 Å². The van der Waals surface area contributed by atoms with Crippen LogP contribution in [0.1, 0.15) is 19.6 Å². The van der Waals surface area contributed by atoms with Crippen LogP contribution in [0.25, 0.3) is 0 Å². The Balaban J connectivity index is 2.11. The third kappa shape index (κ3) is 4.99. The maximum Gasteiger partial charge on any atom is 0.164 e. The Morgan fingerprint density at radius 3 is 2.60 bits per heavy atom. The van der Waals surface area contributed by atoms with E-state index in [1.54, 1.807) is 0 Å². The first-order valence-electron chi connectivity index (χ1n) is 5.43. The summed E-state index contributed by atoms with van der Waals surface area (Å²) in [5.74, 6) is 1.01. The van der Waals surface area contributed by atoms with Crippen molar-refractivity contribution < 1.29 is 4.42 Å². The summed E-state index contributed by atoms with van der Waals surface area (Å²) >= 11 is 2.18. The van der Waals surface area contributed by atoms with Gasteiger partial charge in [0.05, 0.1) is 6.54 Å². The normalized spacial score (nSPS) is 11.2. The fraction of sp³-hybridized carbons (Fsp3) is 0.636. The Bertz CT molecular complexity index is 271. The van der Waals surface area contributed by atoms with E-state index >= 15 is 0 Å². The maximum atomic E-state index is 5.45. The molecule has 15 heavy (non-hydrogen) atoms. The Morgan fingerprint density at radius 1 is 1.33 bits per heavy atom. The molecular formula is C11H19IN2O. The minimum absolute atomic E-state index is 0.824. The van der Waals surface area contributed by atoms with Gasteiger partial charge in [0.25, 0.3) is 0 Å². The van der Waals surface area contributed by atoms with Gasteiger partial charge in [-0.3, -0.25) is 0 Å². The van der Waals surface area contributed by atoms with E-state index in [9.17, 15) is 0 Å². The first-order chi connectivity index (χ1) is 7.26. The van der Waals surface area contributed by atoms with Gasteiger partial charge in [0, 0.05) is 13.1 Å². The number of nitrogens with zero attached hydrogens (tertiary/aromatic N) is 1. The fourth-order valence-electron chi connectivity index (χ4n) is 1.44. The van der Waals surface area contributed by atoms with Crippen LogP contribution in [-0.2, 0) is 6.54 Å². The van der Waals surface area contributed by atoms with E-state index in [0.29, 0.717) is 0 Å². The molecule has 3 nitrogen and oxygen atoms in total. The first-order valence-corrected chi connectivity index (χ1v) is 6.51. The summed E-state index contributed by atoms with van der Waals surface area (Å²) in [7, 11) is 0. The zero-order valence-electron chi connectivity index (χ0n) is 9.42. The van der Waals surface area contributed by atoms with E-state index in [1.807, 2.05) is 12.1 Å². The Hall–Kier alpha value is -0.0700. The molecule has 0 unspecified atom stereocenters. The molecule has 4 heteroatoms. The van der Waals surface area contributed by atoms with Crippen LogP contribution in [0.15, 0.2) is 16.5 Å². The van der Waals surface area contributed by atoms with Crippen LogP contribution >= 0.6 is 22.6 Å². The van der Waals surface area contributed by atoms with Crippen LogP contribution in [0.4, 0.5) is 0 Å². The number of furan rings is 1. The Morgan fingerprint density at radius 2 is 2.07 bits per heavy atom. The second kappa shape index (κ2) is 7.24. The van der Waals surface area contributed by atoms with Crippen LogP contribution in [0, 0.1) is 3.77 Å². The molecule has 0 fully saturated rings. The lowest BCUT2D eigenvalue weighted by Gasteiger charge is -2.17. The Kier molecular flexibility index (Phi) is 6.28. The highest BCUT2D eigenvalue weighted by Crippen LogP contribution is 2.09. The molecular weight excluding hydrogens is 303 g/mol. The highest BCUT2D eigenvalue weighted by atomic mass is 127. The molecule has 0 bridgehead atoms. The van der Waals surface area contributed by atoms with Crippen molar-refractivity contribution in [3.8, 4) is 0 Å². The summed E-state index contributed by atoms with van der Waals surface area (Å²) < 4.78 is 6.41. The van der Waals surface area contributed by atoms with Crippen molar-refractivity contribution in [2.24, 2.45) is 0 Å². The lowest BCUT2D eigenvalue weighted by atomic mass is 10.4. The number of nitrogens with one attached hydrogen (secondary N) is 1. The van der Waals surface area contributed by atoms with Crippen molar-refractivity contribution in [1.29, 1.82) is 0 Å². The van der Waals surface area contributed by atoms with Crippen molar-refractivity contribution in [2.45, 2.75) is 20.4 Å². The monoisotopic (exact) mass is 322 g/mol. The van der Waals surface area contributed by atoms with Gasteiger partial charge in [0.2, 0.25) is 0 Å². The molecule has 0 saturated heterocycles. The summed E-state index contributed by atoms with van der Waals surface area (Å²) in [5.41, 5.74) is 0. The second-order valence-electron chi connectivity index (χ2n) is 3.41. The zero-order chi connectivity index (χ0) is 11.1. The highest BCUT2D eigenvalue weighted by molar-refractivity contribution is 14.1. The topological polar surface area (TPSA) is 28.4 Å². The van der Waals surface area contributed by atoms with Crippen LogP contribution in [-0.4, -0.2) is 31.1 Å². The number of halogens is 1. The lowest BCUT2D eigenvalue weighted by Crippen LogP contribution is -2.31. The molecule has 1 aromatic rings. The van der Waals surface area contributed by atoms with Gasteiger partial charge in [-0.1, -0.05) is 13.8 Å². The largest absolute Gasteiger partial charge is 0.454 e. The number of hydrogen-bond acceptors (Lipinski definition) is 3. The van der Waals surface area contributed by atoms with E-state index in [0.717, 1.165) is 42.3 Å². The molecule has 0 radical (unpaired) electrons. The van der Waals surface area contributed by atoms with Gasteiger partial charge in [-0.05, 0) is 47.8 Å². The quantitative estimate of drug-likeness (QED) is 0.617. The molecule has 0 aliphatic carbocycles. The standard InChI is InChI=1S/C11H19IN2O/c1-3-14(4-2)8-7-13-9-10-5-6-11(12)15-10/h5-6,13H,3-4,7-9H2,1-2H3. The molecule has 1 rings (SSSR count). The van der Waals surface area contributed by atoms with Crippen molar-refractivity contribution >= 4 is 22.6 Å². The summed E-state index contributed by atoms with van der Waals surface area (Å²) in [6, 6.07) is 4.01. The number of hydrogen-bond donors (Lipinski definition) is 1. The maximum absolute atomic E-state index is 5.45. The predicted molar refractivity (Wildman–Crippen MR) is 70.9 cm³/mol. The van der Waals surface area contributed by atoms with E-state index in [1.165, 1.54) is 0 Å². The number of rotatable bonds is 7. The van der Waals surface area contributed by atoms with Crippen LogP contribution in [0.3, 0.4) is 0 Å². The van der Waals surface area contributed by atoms with E-state index in [-0.39, 0.29) is 0 Å². The summed E-state index contributed by atoms with van der Waals surface area (Å²) in [4.78, 5) is 2.40. The van der Waals surface area contributed by atoms with Gasteiger partial charge in [0.1, 0.15) is 5.76 Å². The second-order valence-corrected chi connectivity index (χ2v) is 4.47. The van der Waals surface area contributed by atoms with Crippen LogP contribution in [0.5, 0.6) is 0 Å². The first kappa shape index (κ1) is 13.0. The molecule has 0 spiro atoms. The molecule has 0 aliphatic heterocycles.